The van der Waals surface area contributed by atoms with Gasteiger partial charge in [0.25, 0.3) is 0 Å². The number of likely N-dealkylation sites (tertiary alicyclic amines) is 1. The van der Waals surface area contributed by atoms with Gasteiger partial charge in [-0.2, -0.15) is 5.26 Å². The molecule has 0 aliphatic carbocycles. The van der Waals surface area contributed by atoms with Crippen LogP contribution in [-0.4, -0.2) is 37.1 Å². The van der Waals surface area contributed by atoms with Gasteiger partial charge in [-0.1, -0.05) is 26.7 Å². The summed E-state index contributed by atoms with van der Waals surface area (Å²) in [6.45, 7) is 7.20. The highest BCUT2D eigenvalue weighted by Gasteiger charge is 2.44. The zero-order valence-electron chi connectivity index (χ0n) is 13.5. The Bertz CT molecular complexity index is 404. The van der Waals surface area contributed by atoms with Crippen molar-refractivity contribution in [3.05, 3.63) is 0 Å². The molecule has 0 aromatic heterocycles. The van der Waals surface area contributed by atoms with Gasteiger partial charge in [-0.05, 0) is 37.5 Å². The van der Waals surface area contributed by atoms with Crippen LogP contribution in [0.4, 0.5) is 0 Å². The van der Waals surface area contributed by atoms with Gasteiger partial charge in [-0.25, -0.2) is 0 Å². The number of hydrogen-bond acceptors (Lipinski definition) is 3. The molecule has 0 N–H and O–H groups in total. The molecule has 0 spiro atoms. The summed E-state index contributed by atoms with van der Waals surface area (Å²) in [6.07, 6.45) is 6.80. The molecule has 0 atom stereocenters. The molecule has 21 heavy (non-hydrogen) atoms. The summed E-state index contributed by atoms with van der Waals surface area (Å²) in [5.74, 6) is 0.0521. The minimum absolute atomic E-state index is 0.0521. The van der Waals surface area contributed by atoms with E-state index in [1.165, 1.54) is 19.3 Å². The maximum absolute atomic E-state index is 12.9. The van der Waals surface area contributed by atoms with Crippen molar-refractivity contribution < 1.29 is 9.53 Å². The third-order valence-electron chi connectivity index (χ3n) is 5.80. The van der Waals surface area contributed by atoms with Crippen LogP contribution in [0, 0.1) is 22.2 Å². The maximum atomic E-state index is 12.9. The molecule has 2 fully saturated rings. The van der Waals surface area contributed by atoms with Crippen LogP contribution in [0.15, 0.2) is 0 Å². The fourth-order valence-electron chi connectivity index (χ4n) is 3.81. The van der Waals surface area contributed by atoms with E-state index in [-0.39, 0.29) is 5.91 Å². The van der Waals surface area contributed by atoms with Crippen molar-refractivity contribution in [3.63, 3.8) is 0 Å². The summed E-state index contributed by atoms with van der Waals surface area (Å²) < 4.78 is 5.33. The average molecular weight is 292 g/mol. The van der Waals surface area contributed by atoms with Crippen LogP contribution in [0.5, 0.6) is 0 Å². The highest BCUT2D eigenvalue weighted by atomic mass is 16.5. The SMILES string of the molecule is CCC1(CC)CCCN(C(=O)C2(C#N)CCOCC2)CC1. The van der Waals surface area contributed by atoms with Crippen molar-refractivity contribution in [2.24, 2.45) is 10.8 Å². The van der Waals surface area contributed by atoms with Crippen LogP contribution in [0.3, 0.4) is 0 Å². The van der Waals surface area contributed by atoms with Gasteiger partial charge in [0, 0.05) is 26.3 Å². The summed E-state index contributed by atoms with van der Waals surface area (Å²) >= 11 is 0. The van der Waals surface area contributed by atoms with E-state index in [4.69, 9.17) is 4.74 Å². The minimum Gasteiger partial charge on any atom is -0.381 e. The molecule has 118 valence electrons. The molecule has 2 heterocycles. The average Bonchev–Trinajstić information content (AvgIpc) is 2.78. The first kappa shape index (κ1) is 16.3. The van der Waals surface area contributed by atoms with E-state index in [9.17, 15) is 10.1 Å². The first-order valence-corrected chi connectivity index (χ1v) is 8.40. The van der Waals surface area contributed by atoms with Crippen molar-refractivity contribution in [1.82, 2.24) is 4.90 Å². The second kappa shape index (κ2) is 6.79. The number of nitriles is 1. The number of amides is 1. The monoisotopic (exact) mass is 292 g/mol. The van der Waals surface area contributed by atoms with Crippen LogP contribution in [0.25, 0.3) is 0 Å². The van der Waals surface area contributed by atoms with Crippen molar-refractivity contribution in [2.75, 3.05) is 26.3 Å². The molecule has 0 aromatic carbocycles. The lowest BCUT2D eigenvalue weighted by Crippen LogP contribution is -2.46. The number of carbonyl (C=O) groups is 1. The first-order chi connectivity index (χ1) is 10.1. The molecule has 2 saturated heterocycles. The molecule has 4 nitrogen and oxygen atoms in total. The summed E-state index contributed by atoms with van der Waals surface area (Å²) in [7, 11) is 0. The van der Waals surface area contributed by atoms with E-state index in [0.29, 0.717) is 31.5 Å². The van der Waals surface area contributed by atoms with Gasteiger partial charge in [0.1, 0.15) is 5.41 Å². The zero-order chi connectivity index (χ0) is 15.3. The van der Waals surface area contributed by atoms with Crippen molar-refractivity contribution in [1.29, 1.82) is 5.26 Å². The largest absolute Gasteiger partial charge is 0.381 e. The molecule has 2 rings (SSSR count). The Morgan fingerprint density at radius 1 is 1.14 bits per heavy atom. The minimum atomic E-state index is -0.830. The van der Waals surface area contributed by atoms with Crippen molar-refractivity contribution in [2.45, 2.75) is 58.8 Å². The van der Waals surface area contributed by atoms with Crippen molar-refractivity contribution >= 4 is 5.91 Å². The molecule has 0 radical (unpaired) electrons. The number of ether oxygens (including phenoxy) is 1. The molecular weight excluding hydrogens is 264 g/mol. The highest BCUT2D eigenvalue weighted by molar-refractivity contribution is 5.85. The maximum Gasteiger partial charge on any atom is 0.243 e. The summed E-state index contributed by atoms with van der Waals surface area (Å²) in [5, 5.41) is 9.55. The molecule has 0 saturated carbocycles. The van der Waals surface area contributed by atoms with E-state index >= 15 is 0 Å². The van der Waals surface area contributed by atoms with E-state index in [2.05, 4.69) is 19.9 Å². The van der Waals surface area contributed by atoms with Gasteiger partial charge in [-0.3, -0.25) is 4.79 Å². The summed E-state index contributed by atoms with van der Waals surface area (Å²) in [4.78, 5) is 14.9. The Hall–Kier alpha value is -1.08. The van der Waals surface area contributed by atoms with Gasteiger partial charge < -0.3 is 9.64 Å². The van der Waals surface area contributed by atoms with Crippen LogP contribution in [-0.2, 0) is 9.53 Å². The zero-order valence-corrected chi connectivity index (χ0v) is 13.5. The van der Waals surface area contributed by atoms with Crippen LogP contribution < -0.4 is 0 Å². The second-order valence-corrected chi connectivity index (χ2v) is 6.66. The Morgan fingerprint density at radius 3 is 2.38 bits per heavy atom. The second-order valence-electron chi connectivity index (χ2n) is 6.66. The van der Waals surface area contributed by atoms with Gasteiger partial charge in [0.05, 0.1) is 6.07 Å². The number of nitrogens with zero attached hydrogens (tertiary/aromatic N) is 2. The molecule has 4 heteroatoms. The Balaban J connectivity index is 2.08. The van der Waals surface area contributed by atoms with E-state index in [0.717, 1.165) is 25.9 Å². The standard InChI is InChI=1S/C17H28N2O2/c1-3-16(4-2)6-5-10-19(11-7-16)15(20)17(14-18)8-12-21-13-9-17/h3-13H2,1-2H3. The van der Waals surface area contributed by atoms with Crippen molar-refractivity contribution in [3.8, 4) is 6.07 Å². The number of carbonyl (C=O) groups excluding carboxylic acids is 1. The van der Waals surface area contributed by atoms with Gasteiger partial charge in [0.15, 0.2) is 0 Å². The summed E-state index contributed by atoms with van der Waals surface area (Å²) in [5.41, 5.74) is -0.436. The van der Waals surface area contributed by atoms with Crippen LogP contribution in [0.2, 0.25) is 0 Å². The molecule has 2 aliphatic heterocycles. The molecule has 0 aromatic rings. The Kier molecular flexibility index (Phi) is 5.27. The lowest BCUT2D eigenvalue weighted by atomic mass is 9.76. The number of rotatable bonds is 3. The molecule has 2 aliphatic rings. The highest BCUT2D eigenvalue weighted by Crippen LogP contribution is 2.39. The first-order valence-electron chi connectivity index (χ1n) is 8.40. The summed E-state index contributed by atoms with van der Waals surface area (Å²) in [6, 6.07) is 2.31. The fraction of sp³-hybridized carbons (Fsp3) is 0.882. The normalized spacial score (nSPS) is 24.9. The van der Waals surface area contributed by atoms with Gasteiger partial charge in [0.2, 0.25) is 5.91 Å². The van der Waals surface area contributed by atoms with Gasteiger partial charge >= 0.3 is 0 Å². The smallest absolute Gasteiger partial charge is 0.243 e. The van der Waals surface area contributed by atoms with E-state index in [1.54, 1.807) is 0 Å². The predicted octanol–water partition coefficient (Wildman–Crippen LogP) is 3.13. The third kappa shape index (κ3) is 3.23. The van der Waals surface area contributed by atoms with E-state index < -0.39 is 5.41 Å². The lowest BCUT2D eigenvalue weighted by Gasteiger charge is -2.35. The number of hydrogen-bond donors (Lipinski definition) is 0. The molecule has 0 unspecified atom stereocenters. The van der Waals surface area contributed by atoms with Crippen LogP contribution >= 0.6 is 0 Å². The molecule has 0 bridgehead atoms. The Labute approximate surface area is 128 Å². The lowest BCUT2D eigenvalue weighted by molar-refractivity contribution is -0.143. The third-order valence-corrected chi connectivity index (χ3v) is 5.80. The quantitative estimate of drug-likeness (QED) is 0.803. The topological polar surface area (TPSA) is 53.3 Å². The van der Waals surface area contributed by atoms with E-state index in [1.807, 2.05) is 4.90 Å². The predicted molar refractivity (Wildman–Crippen MR) is 81.5 cm³/mol. The molecule has 1 amide bonds. The fourth-order valence-corrected chi connectivity index (χ4v) is 3.81. The molecular formula is C17H28N2O2. The Morgan fingerprint density at radius 2 is 1.81 bits per heavy atom. The van der Waals surface area contributed by atoms with Crippen LogP contribution in [0.1, 0.15) is 58.8 Å². The van der Waals surface area contributed by atoms with Gasteiger partial charge in [-0.15, -0.1) is 0 Å².